The molecule has 0 bridgehead atoms. The molecule has 1 saturated heterocycles. The van der Waals surface area contributed by atoms with Gasteiger partial charge in [-0.1, -0.05) is 0 Å². The van der Waals surface area contributed by atoms with E-state index >= 15 is 0 Å². The number of hydrogen-bond donors (Lipinski definition) is 7. The van der Waals surface area contributed by atoms with Gasteiger partial charge in [0.2, 0.25) is 5.91 Å². The molecule has 1 aliphatic heterocycles. The third kappa shape index (κ3) is 4.72. The number of H-pyrrole nitrogens is 2. The molecule has 2 aromatic heterocycles. The Bertz CT molecular complexity index is 1380. The molecule has 0 spiro atoms. The first-order valence-corrected chi connectivity index (χ1v) is 10.4. The lowest BCUT2D eigenvalue weighted by molar-refractivity contribution is -0.149. The number of carbonyl (C=O) groups is 2. The summed E-state index contributed by atoms with van der Waals surface area (Å²) in [5, 5.41) is 33.1. The molecule has 1 amide bonds. The van der Waals surface area contributed by atoms with Gasteiger partial charge in [0, 0.05) is 29.4 Å². The average molecular weight is 491 g/mol. The number of carboxylic acid groups (broad SMARTS) is 1. The quantitative estimate of drug-likeness (QED) is 0.193. The Morgan fingerprint density at radius 2 is 1.97 bits per heavy atom. The van der Waals surface area contributed by atoms with Crippen LogP contribution in [0.4, 0.5) is 4.39 Å². The van der Waals surface area contributed by atoms with E-state index in [9.17, 15) is 38.9 Å². The fourth-order valence-electron chi connectivity index (χ4n) is 4.01. The zero-order chi connectivity index (χ0) is 25.4. The van der Waals surface area contributed by atoms with E-state index in [1.54, 1.807) is 6.20 Å². The number of amides is 1. The molecule has 3 heterocycles. The van der Waals surface area contributed by atoms with Crippen LogP contribution in [-0.2, 0) is 20.7 Å². The monoisotopic (exact) mass is 491 g/mol. The van der Waals surface area contributed by atoms with Crippen molar-refractivity contribution in [3.8, 4) is 0 Å². The fourth-order valence-corrected chi connectivity index (χ4v) is 4.01. The molecule has 6 atom stereocenters. The van der Waals surface area contributed by atoms with Crippen LogP contribution in [0.1, 0.15) is 11.8 Å². The van der Waals surface area contributed by atoms with E-state index in [4.69, 9.17) is 10.5 Å². The molecule has 1 fully saturated rings. The van der Waals surface area contributed by atoms with Crippen LogP contribution in [0.25, 0.3) is 10.9 Å². The van der Waals surface area contributed by atoms with Crippen LogP contribution in [0.5, 0.6) is 0 Å². The van der Waals surface area contributed by atoms with Crippen molar-refractivity contribution in [3.63, 3.8) is 0 Å². The molecule has 0 radical (unpaired) electrons. The summed E-state index contributed by atoms with van der Waals surface area (Å²) >= 11 is 0. The molecular weight excluding hydrogens is 469 g/mol. The van der Waals surface area contributed by atoms with Crippen molar-refractivity contribution < 1.29 is 34.0 Å². The van der Waals surface area contributed by atoms with Crippen molar-refractivity contribution in [2.75, 3.05) is 0 Å². The van der Waals surface area contributed by atoms with Gasteiger partial charge in [-0.2, -0.15) is 0 Å². The van der Waals surface area contributed by atoms with E-state index in [2.05, 4.69) is 10.3 Å². The number of fused-ring (bicyclic) bond motifs is 1. The largest absolute Gasteiger partial charge is 0.480 e. The summed E-state index contributed by atoms with van der Waals surface area (Å²) in [6, 6.07) is 1.94. The highest BCUT2D eigenvalue weighted by molar-refractivity contribution is 5.89. The zero-order valence-corrected chi connectivity index (χ0v) is 17.9. The predicted octanol–water partition coefficient (Wildman–Crippen LogP) is -2.08. The van der Waals surface area contributed by atoms with Crippen LogP contribution in [0.3, 0.4) is 0 Å². The normalized spacial score (nSPS) is 23.8. The highest BCUT2D eigenvalue weighted by Gasteiger charge is 2.50. The molecule has 0 saturated carbocycles. The van der Waals surface area contributed by atoms with Gasteiger partial charge in [-0.25, -0.2) is 14.0 Å². The first-order chi connectivity index (χ1) is 16.6. The standard InChI is InChI=1S/C21H22FN5O8/c22-9-1-2-12-10(6-9)8(7-24-12)5-11(23)18(31)26-14(20(32)33)17-15(29)16(30)19(35-17)27-4-3-13(28)25-21(27)34/h1-4,6-7,11,14-17,19,24,29-30H,5,23H2,(H,26,31)(H,32,33)(H,25,28,34)/t11-,14-,15-,16+,17+,19+/m0/s1. The van der Waals surface area contributed by atoms with Crippen LogP contribution >= 0.6 is 0 Å². The molecule has 4 rings (SSSR count). The highest BCUT2D eigenvalue weighted by Crippen LogP contribution is 2.30. The van der Waals surface area contributed by atoms with Crippen molar-refractivity contribution in [2.24, 2.45) is 5.73 Å². The van der Waals surface area contributed by atoms with Crippen LogP contribution in [0.2, 0.25) is 0 Å². The third-order valence-electron chi connectivity index (χ3n) is 5.80. The maximum atomic E-state index is 13.6. The minimum Gasteiger partial charge on any atom is -0.480 e. The number of aliphatic hydroxyl groups excluding tert-OH is 2. The number of aliphatic hydroxyl groups is 2. The van der Waals surface area contributed by atoms with Gasteiger partial charge in [-0.15, -0.1) is 0 Å². The first kappa shape index (κ1) is 24.3. The SMILES string of the molecule is N[C@@H](Cc1c[nH]c2ccc(F)cc12)C(=O)N[C@H](C(=O)O)[C@H]1O[C@@H](n2ccc(=O)[nH]c2=O)[C@H](O)[C@@H]1O. The molecule has 0 aliphatic carbocycles. The van der Waals surface area contributed by atoms with Crippen molar-refractivity contribution in [3.05, 3.63) is 68.9 Å². The summed E-state index contributed by atoms with van der Waals surface area (Å²) in [4.78, 5) is 52.8. The van der Waals surface area contributed by atoms with Crippen LogP contribution < -0.4 is 22.3 Å². The number of benzene rings is 1. The lowest BCUT2D eigenvalue weighted by Crippen LogP contribution is -2.56. The number of ether oxygens (including phenoxy) is 1. The number of nitrogens with zero attached hydrogens (tertiary/aromatic N) is 1. The Hall–Kier alpha value is -3.85. The number of halogens is 1. The molecule has 13 nitrogen and oxygen atoms in total. The van der Waals surface area contributed by atoms with E-state index in [-0.39, 0.29) is 6.42 Å². The molecule has 1 aliphatic rings. The van der Waals surface area contributed by atoms with Gasteiger partial charge in [-0.05, 0) is 30.2 Å². The summed E-state index contributed by atoms with van der Waals surface area (Å²) in [5.41, 5.74) is 5.44. The van der Waals surface area contributed by atoms with E-state index in [0.717, 1.165) is 16.8 Å². The predicted molar refractivity (Wildman–Crippen MR) is 117 cm³/mol. The van der Waals surface area contributed by atoms with Gasteiger partial charge < -0.3 is 36.1 Å². The van der Waals surface area contributed by atoms with Gasteiger partial charge in [0.25, 0.3) is 5.56 Å². The van der Waals surface area contributed by atoms with E-state index in [0.29, 0.717) is 16.5 Å². The Morgan fingerprint density at radius 1 is 1.23 bits per heavy atom. The molecule has 14 heteroatoms. The number of carboxylic acids is 1. The number of aliphatic carboxylic acids is 1. The molecule has 3 aromatic rings. The van der Waals surface area contributed by atoms with Gasteiger partial charge in [0.15, 0.2) is 12.3 Å². The van der Waals surface area contributed by atoms with Gasteiger partial charge in [0.1, 0.15) is 24.1 Å². The van der Waals surface area contributed by atoms with E-state index in [1.807, 2.05) is 4.98 Å². The third-order valence-corrected chi connectivity index (χ3v) is 5.80. The molecule has 1 aromatic carbocycles. The fraction of sp³-hybridized carbons (Fsp3) is 0.333. The zero-order valence-electron chi connectivity index (χ0n) is 17.9. The number of carbonyl (C=O) groups excluding carboxylic acids is 1. The summed E-state index contributed by atoms with van der Waals surface area (Å²) < 4.78 is 19.8. The van der Waals surface area contributed by atoms with Gasteiger partial charge in [-0.3, -0.25) is 19.1 Å². The molecular formula is C21H22FN5O8. The summed E-state index contributed by atoms with van der Waals surface area (Å²) in [6.45, 7) is 0. The second-order valence-electron chi connectivity index (χ2n) is 8.13. The van der Waals surface area contributed by atoms with E-state index < -0.39 is 65.6 Å². The smallest absolute Gasteiger partial charge is 0.330 e. The maximum Gasteiger partial charge on any atom is 0.330 e. The second kappa shape index (κ2) is 9.42. The number of nitrogens with two attached hydrogens (primary N) is 1. The second-order valence-corrected chi connectivity index (χ2v) is 8.13. The first-order valence-electron chi connectivity index (χ1n) is 10.4. The molecule has 35 heavy (non-hydrogen) atoms. The lowest BCUT2D eigenvalue weighted by Gasteiger charge is -2.24. The van der Waals surface area contributed by atoms with E-state index in [1.165, 1.54) is 18.2 Å². The van der Waals surface area contributed by atoms with Crippen molar-refractivity contribution in [1.82, 2.24) is 19.9 Å². The molecule has 0 unspecified atom stereocenters. The Balaban J connectivity index is 1.50. The number of rotatable bonds is 7. The van der Waals surface area contributed by atoms with Crippen LogP contribution in [0, 0.1) is 5.82 Å². The van der Waals surface area contributed by atoms with Crippen LogP contribution in [-0.4, -0.2) is 72.1 Å². The number of hydrogen-bond acceptors (Lipinski definition) is 8. The Labute approximate surface area is 195 Å². The average Bonchev–Trinajstić information content (AvgIpc) is 3.32. The Morgan fingerprint density at radius 3 is 2.66 bits per heavy atom. The molecule has 8 N–H and O–H groups in total. The number of nitrogens with one attached hydrogen (secondary N) is 3. The van der Waals surface area contributed by atoms with Crippen molar-refractivity contribution in [2.45, 2.75) is 43.0 Å². The summed E-state index contributed by atoms with van der Waals surface area (Å²) in [6.07, 6.45) is -4.26. The molecule has 186 valence electrons. The number of aromatic nitrogens is 3. The summed E-state index contributed by atoms with van der Waals surface area (Å²) in [7, 11) is 0. The van der Waals surface area contributed by atoms with Gasteiger partial charge in [0.05, 0.1) is 6.04 Å². The topological polar surface area (TPSA) is 213 Å². The highest BCUT2D eigenvalue weighted by atomic mass is 19.1. The minimum atomic E-state index is -1.85. The lowest BCUT2D eigenvalue weighted by atomic mass is 10.0. The minimum absolute atomic E-state index is 0.0618. The van der Waals surface area contributed by atoms with Crippen LogP contribution in [0.15, 0.2) is 46.2 Å². The maximum absolute atomic E-state index is 13.6. The number of aromatic amines is 2. The van der Waals surface area contributed by atoms with Gasteiger partial charge >= 0.3 is 11.7 Å². The van der Waals surface area contributed by atoms with Crippen molar-refractivity contribution in [1.29, 1.82) is 0 Å². The van der Waals surface area contributed by atoms with Crippen molar-refractivity contribution >= 4 is 22.8 Å². The Kier molecular flexibility index (Phi) is 6.53. The summed E-state index contributed by atoms with van der Waals surface area (Å²) in [5.74, 6) is -2.98.